The van der Waals surface area contributed by atoms with Crippen LogP contribution in [0, 0.1) is 19.8 Å². The Labute approximate surface area is 185 Å². The van der Waals surface area contributed by atoms with Gasteiger partial charge in [-0.15, -0.1) is 0 Å². The number of rotatable bonds is 6. The minimum atomic E-state index is 0.00288. The highest BCUT2D eigenvalue weighted by Gasteiger charge is 2.41. The molecule has 4 rings (SSSR count). The third-order valence-electron chi connectivity index (χ3n) is 6.83. The predicted octanol–water partition coefficient (Wildman–Crippen LogP) is 3.82. The Balaban J connectivity index is 1.49. The SMILES string of the molecule is COc1ccc([C@H]2C[C@H](NCc3ccc(C)cc3C)C[C@@H]2C(=O)N2CCOCC2)cc1. The first kappa shape index (κ1) is 21.8. The van der Waals surface area contributed by atoms with Crippen LogP contribution in [0.15, 0.2) is 42.5 Å². The average molecular weight is 423 g/mol. The quantitative estimate of drug-likeness (QED) is 0.769. The maximum Gasteiger partial charge on any atom is 0.226 e. The lowest BCUT2D eigenvalue weighted by Gasteiger charge is -2.31. The molecular formula is C26H34N2O3. The van der Waals surface area contributed by atoms with Gasteiger partial charge in [-0.3, -0.25) is 4.79 Å². The van der Waals surface area contributed by atoms with Gasteiger partial charge in [0.05, 0.1) is 20.3 Å². The fraction of sp³-hybridized carbons (Fsp3) is 0.500. The highest BCUT2D eigenvalue weighted by atomic mass is 16.5. The Kier molecular flexibility index (Phi) is 6.93. The number of ether oxygens (including phenoxy) is 2. The Morgan fingerprint density at radius 1 is 1.10 bits per heavy atom. The second-order valence-corrected chi connectivity index (χ2v) is 8.90. The number of nitrogens with one attached hydrogen (secondary N) is 1. The number of hydrogen-bond donors (Lipinski definition) is 1. The Bertz CT molecular complexity index is 890. The molecule has 1 aliphatic heterocycles. The third-order valence-corrected chi connectivity index (χ3v) is 6.83. The molecule has 1 aliphatic carbocycles. The summed E-state index contributed by atoms with van der Waals surface area (Å²) in [5, 5.41) is 3.75. The molecule has 5 heteroatoms. The van der Waals surface area contributed by atoms with Crippen molar-refractivity contribution >= 4 is 5.91 Å². The van der Waals surface area contributed by atoms with E-state index in [1.807, 2.05) is 17.0 Å². The summed E-state index contributed by atoms with van der Waals surface area (Å²) in [5.74, 6) is 1.35. The fourth-order valence-corrected chi connectivity index (χ4v) is 5.01. The van der Waals surface area contributed by atoms with Gasteiger partial charge >= 0.3 is 0 Å². The molecule has 1 heterocycles. The average Bonchev–Trinajstić information content (AvgIpc) is 3.23. The number of nitrogens with zero attached hydrogens (tertiary/aromatic N) is 1. The Hall–Kier alpha value is -2.37. The molecule has 1 saturated heterocycles. The monoisotopic (exact) mass is 422 g/mol. The molecule has 2 aliphatic rings. The maximum absolute atomic E-state index is 13.4. The van der Waals surface area contributed by atoms with Crippen LogP contribution >= 0.6 is 0 Å². The number of methoxy groups -OCH3 is 1. The zero-order valence-corrected chi connectivity index (χ0v) is 18.9. The number of carbonyl (C=O) groups excluding carboxylic acids is 1. The maximum atomic E-state index is 13.4. The van der Waals surface area contributed by atoms with E-state index >= 15 is 0 Å². The van der Waals surface area contributed by atoms with E-state index in [4.69, 9.17) is 9.47 Å². The Morgan fingerprint density at radius 3 is 2.52 bits per heavy atom. The molecule has 0 radical (unpaired) electrons. The van der Waals surface area contributed by atoms with Gasteiger partial charge in [0.15, 0.2) is 0 Å². The summed E-state index contributed by atoms with van der Waals surface area (Å²) in [7, 11) is 1.68. The smallest absolute Gasteiger partial charge is 0.226 e. The van der Waals surface area contributed by atoms with Crippen LogP contribution in [0.4, 0.5) is 0 Å². The minimum Gasteiger partial charge on any atom is -0.497 e. The van der Waals surface area contributed by atoms with Crippen molar-refractivity contribution < 1.29 is 14.3 Å². The normalized spacial score (nSPS) is 23.7. The molecular weight excluding hydrogens is 388 g/mol. The first-order valence-corrected chi connectivity index (χ1v) is 11.3. The standard InChI is InChI=1S/C26H34N2O3/c1-18-4-5-21(19(2)14-18)17-27-22-15-24(20-6-8-23(30-3)9-7-20)25(16-22)26(29)28-10-12-31-13-11-28/h4-9,14,22,24-25,27H,10-13,15-17H2,1-3H3/t22-,24+,25-/m0/s1. The molecule has 5 nitrogen and oxygen atoms in total. The van der Waals surface area contributed by atoms with Crippen LogP contribution in [0.3, 0.4) is 0 Å². The van der Waals surface area contributed by atoms with Gasteiger partial charge in [-0.1, -0.05) is 35.9 Å². The van der Waals surface area contributed by atoms with Crippen molar-refractivity contribution in [3.8, 4) is 5.75 Å². The van der Waals surface area contributed by atoms with E-state index in [2.05, 4.69) is 49.5 Å². The number of amides is 1. The van der Waals surface area contributed by atoms with E-state index < -0.39 is 0 Å². The van der Waals surface area contributed by atoms with Gasteiger partial charge in [0.2, 0.25) is 5.91 Å². The topological polar surface area (TPSA) is 50.8 Å². The van der Waals surface area contributed by atoms with Gasteiger partial charge in [0.25, 0.3) is 0 Å². The molecule has 166 valence electrons. The van der Waals surface area contributed by atoms with Crippen molar-refractivity contribution in [3.63, 3.8) is 0 Å². The van der Waals surface area contributed by atoms with Crippen molar-refractivity contribution in [2.45, 2.75) is 45.2 Å². The van der Waals surface area contributed by atoms with E-state index in [0.29, 0.717) is 32.3 Å². The van der Waals surface area contributed by atoms with E-state index in [0.717, 1.165) is 25.1 Å². The molecule has 2 fully saturated rings. The molecule has 1 saturated carbocycles. The van der Waals surface area contributed by atoms with Crippen LogP contribution in [0.25, 0.3) is 0 Å². The lowest BCUT2D eigenvalue weighted by atomic mass is 9.88. The minimum absolute atomic E-state index is 0.00288. The molecule has 0 bridgehead atoms. The molecule has 31 heavy (non-hydrogen) atoms. The van der Waals surface area contributed by atoms with Crippen LogP contribution in [0.5, 0.6) is 5.75 Å². The number of carbonyl (C=O) groups is 1. The predicted molar refractivity (Wildman–Crippen MR) is 122 cm³/mol. The van der Waals surface area contributed by atoms with Gasteiger partial charge in [0.1, 0.15) is 5.75 Å². The highest BCUT2D eigenvalue weighted by molar-refractivity contribution is 5.80. The summed E-state index contributed by atoms with van der Waals surface area (Å²) in [4.78, 5) is 15.4. The molecule has 0 aromatic heterocycles. The summed E-state index contributed by atoms with van der Waals surface area (Å²) in [6.07, 6.45) is 1.84. The lowest BCUT2D eigenvalue weighted by Crippen LogP contribution is -2.44. The third kappa shape index (κ3) is 5.10. The van der Waals surface area contributed by atoms with E-state index in [-0.39, 0.29) is 17.7 Å². The second-order valence-electron chi connectivity index (χ2n) is 8.90. The summed E-state index contributed by atoms with van der Waals surface area (Å²) < 4.78 is 10.8. The molecule has 0 unspecified atom stereocenters. The molecule has 2 aromatic carbocycles. The molecule has 1 N–H and O–H groups in total. The zero-order chi connectivity index (χ0) is 21.8. The molecule has 1 amide bonds. The van der Waals surface area contributed by atoms with Crippen molar-refractivity contribution in [1.82, 2.24) is 10.2 Å². The molecule has 3 atom stereocenters. The molecule has 2 aromatic rings. The first-order valence-electron chi connectivity index (χ1n) is 11.3. The van der Waals surface area contributed by atoms with E-state index in [9.17, 15) is 4.79 Å². The van der Waals surface area contributed by atoms with Crippen LogP contribution in [0.2, 0.25) is 0 Å². The van der Waals surface area contributed by atoms with Crippen molar-refractivity contribution in [1.29, 1.82) is 0 Å². The first-order chi connectivity index (χ1) is 15.0. The van der Waals surface area contributed by atoms with Crippen molar-refractivity contribution in [3.05, 3.63) is 64.7 Å². The van der Waals surface area contributed by atoms with Gasteiger partial charge in [-0.25, -0.2) is 0 Å². The van der Waals surface area contributed by atoms with Gasteiger partial charge in [-0.05, 0) is 61.4 Å². The van der Waals surface area contributed by atoms with Crippen molar-refractivity contribution in [2.24, 2.45) is 5.92 Å². The van der Waals surface area contributed by atoms with Crippen molar-refractivity contribution in [2.75, 3.05) is 33.4 Å². The largest absolute Gasteiger partial charge is 0.497 e. The van der Waals surface area contributed by atoms with Crippen LogP contribution in [-0.4, -0.2) is 50.3 Å². The zero-order valence-electron chi connectivity index (χ0n) is 18.9. The van der Waals surface area contributed by atoms with Gasteiger partial charge in [0, 0.05) is 31.6 Å². The van der Waals surface area contributed by atoms with Gasteiger partial charge < -0.3 is 19.7 Å². The number of benzene rings is 2. The van der Waals surface area contributed by atoms with Gasteiger partial charge in [-0.2, -0.15) is 0 Å². The number of aryl methyl sites for hydroxylation is 2. The van der Waals surface area contributed by atoms with Crippen LogP contribution in [0.1, 0.15) is 41.0 Å². The summed E-state index contributed by atoms with van der Waals surface area (Å²) in [5.41, 5.74) is 5.16. The highest BCUT2D eigenvalue weighted by Crippen LogP contribution is 2.41. The summed E-state index contributed by atoms with van der Waals surface area (Å²) >= 11 is 0. The fourth-order valence-electron chi connectivity index (χ4n) is 5.01. The number of hydrogen-bond acceptors (Lipinski definition) is 4. The number of morpholine rings is 1. The lowest BCUT2D eigenvalue weighted by molar-refractivity contribution is -0.140. The Morgan fingerprint density at radius 2 is 1.84 bits per heavy atom. The second kappa shape index (κ2) is 9.84. The summed E-state index contributed by atoms with van der Waals surface area (Å²) in [6.45, 7) is 7.81. The van der Waals surface area contributed by atoms with E-state index in [1.165, 1.54) is 22.3 Å². The van der Waals surface area contributed by atoms with Crippen LogP contribution < -0.4 is 10.1 Å². The van der Waals surface area contributed by atoms with E-state index in [1.54, 1.807) is 7.11 Å². The van der Waals surface area contributed by atoms with Crippen LogP contribution in [-0.2, 0) is 16.1 Å². The summed E-state index contributed by atoms with van der Waals surface area (Å²) in [6, 6.07) is 15.2. The molecule has 0 spiro atoms.